The van der Waals surface area contributed by atoms with Crippen LogP contribution in [0.1, 0.15) is 31.9 Å². The van der Waals surface area contributed by atoms with E-state index in [9.17, 15) is 0 Å². The lowest BCUT2D eigenvalue weighted by Crippen LogP contribution is -2.39. The first-order valence-electron chi connectivity index (χ1n) is 7.22. The smallest absolute Gasteiger partial charge is 0.191 e. The molecule has 0 aliphatic rings. The molecule has 0 saturated heterocycles. The Morgan fingerprint density at radius 1 is 1.30 bits per heavy atom. The largest absolute Gasteiger partial charge is 0.496 e. The summed E-state index contributed by atoms with van der Waals surface area (Å²) in [7, 11) is 1.70. The van der Waals surface area contributed by atoms with Crippen molar-refractivity contribution in [2.75, 3.05) is 20.2 Å². The first kappa shape index (κ1) is 16.3. The van der Waals surface area contributed by atoms with Gasteiger partial charge in [0.15, 0.2) is 5.96 Å². The average Bonchev–Trinajstić information content (AvgIpc) is 2.43. The van der Waals surface area contributed by atoms with Crippen LogP contribution in [0.3, 0.4) is 0 Å². The maximum Gasteiger partial charge on any atom is 0.191 e. The van der Waals surface area contributed by atoms with Crippen LogP contribution in [0.5, 0.6) is 5.75 Å². The first-order chi connectivity index (χ1) is 9.56. The van der Waals surface area contributed by atoms with E-state index in [1.165, 1.54) is 0 Å². The van der Waals surface area contributed by atoms with Gasteiger partial charge >= 0.3 is 0 Å². The Kier molecular flexibility index (Phi) is 6.91. The molecule has 1 aromatic rings. The molecule has 112 valence electrons. The predicted molar refractivity (Wildman–Crippen MR) is 85.4 cm³/mol. The van der Waals surface area contributed by atoms with Gasteiger partial charge in [-0.2, -0.15) is 0 Å². The molecule has 0 aromatic heterocycles. The molecule has 1 rings (SSSR count). The second-order valence-electron chi connectivity index (χ2n) is 5.27. The molecule has 0 fully saturated rings. The van der Waals surface area contributed by atoms with E-state index in [1.807, 2.05) is 13.0 Å². The minimum absolute atomic E-state index is 0.596. The molecule has 0 unspecified atom stereocenters. The van der Waals surface area contributed by atoms with Crippen molar-refractivity contribution in [2.45, 2.75) is 34.2 Å². The van der Waals surface area contributed by atoms with Gasteiger partial charge in [-0.05, 0) is 37.0 Å². The molecule has 0 atom stereocenters. The molecule has 0 radical (unpaired) electrons. The number of nitrogens with one attached hydrogen (secondary N) is 2. The van der Waals surface area contributed by atoms with Crippen molar-refractivity contribution >= 4 is 5.96 Å². The maximum atomic E-state index is 5.34. The van der Waals surface area contributed by atoms with Crippen LogP contribution in [0.15, 0.2) is 23.2 Å². The number of hydrogen-bond acceptors (Lipinski definition) is 2. The number of methoxy groups -OCH3 is 1. The third-order valence-electron chi connectivity index (χ3n) is 2.91. The normalized spacial score (nSPS) is 11.6. The average molecular weight is 277 g/mol. The lowest BCUT2D eigenvalue weighted by molar-refractivity contribution is 0.411. The number of benzene rings is 1. The number of rotatable bonds is 6. The Bertz CT molecular complexity index is 441. The molecule has 4 heteroatoms. The second kappa shape index (κ2) is 8.46. The zero-order chi connectivity index (χ0) is 15.0. The van der Waals surface area contributed by atoms with Crippen LogP contribution in [0, 0.1) is 12.8 Å². The molecule has 0 spiro atoms. The van der Waals surface area contributed by atoms with Crippen LogP contribution in [0.25, 0.3) is 0 Å². The summed E-state index contributed by atoms with van der Waals surface area (Å²) in [5.41, 5.74) is 2.29. The molecule has 0 aliphatic heterocycles. The number of nitrogens with zero attached hydrogens (tertiary/aromatic N) is 1. The summed E-state index contributed by atoms with van der Waals surface area (Å²) < 4.78 is 5.34. The van der Waals surface area contributed by atoms with Crippen molar-refractivity contribution in [1.29, 1.82) is 0 Å². The van der Waals surface area contributed by atoms with Gasteiger partial charge in [0.25, 0.3) is 0 Å². The third-order valence-corrected chi connectivity index (χ3v) is 2.91. The van der Waals surface area contributed by atoms with Crippen LogP contribution in [-0.4, -0.2) is 26.2 Å². The molecule has 0 heterocycles. The minimum atomic E-state index is 0.596. The van der Waals surface area contributed by atoms with Gasteiger partial charge in [0.1, 0.15) is 5.75 Å². The molecular weight excluding hydrogens is 250 g/mol. The highest BCUT2D eigenvalue weighted by atomic mass is 16.5. The van der Waals surface area contributed by atoms with Gasteiger partial charge in [-0.3, -0.25) is 0 Å². The summed E-state index contributed by atoms with van der Waals surface area (Å²) in [4.78, 5) is 4.60. The van der Waals surface area contributed by atoms with Gasteiger partial charge < -0.3 is 15.4 Å². The molecule has 0 amide bonds. The van der Waals surface area contributed by atoms with E-state index in [1.54, 1.807) is 7.11 Å². The van der Waals surface area contributed by atoms with E-state index in [2.05, 4.69) is 48.5 Å². The summed E-state index contributed by atoms with van der Waals surface area (Å²) in [6, 6.07) is 6.20. The van der Waals surface area contributed by atoms with Crippen molar-refractivity contribution in [3.63, 3.8) is 0 Å². The number of ether oxygens (including phenoxy) is 1. The predicted octanol–water partition coefficient (Wildman–Crippen LogP) is 2.71. The number of hydrogen-bond donors (Lipinski definition) is 2. The van der Waals surface area contributed by atoms with Crippen LogP contribution in [0.4, 0.5) is 0 Å². The van der Waals surface area contributed by atoms with Crippen LogP contribution in [-0.2, 0) is 6.54 Å². The Morgan fingerprint density at radius 3 is 2.65 bits per heavy atom. The van der Waals surface area contributed by atoms with E-state index in [4.69, 9.17) is 4.74 Å². The monoisotopic (exact) mass is 277 g/mol. The summed E-state index contributed by atoms with van der Waals surface area (Å²) >= 11 is 0. The van der Waals surface area contributed by atoms with E-state index in [0.29, 0.717) is 12.5 Å². The Hall–Kier alpha value is -1.71. The van der Waals surface area contributed by atoms with Crippen LogP contribution in [0.2, 0.25) is 0 Å². The summed E-state index contributed by atoms with van der Waals surface area (Å²) in [6.45, 7) is 10.9. The lowest BCUT2D eigenvalue weighted by Gasteiger charge is -2.13. The summed E-state index contributed by atoms with van der Waals surface area (Å²) in [6.07, 6.45) is 0. The fourth-order valence-electron chi connectivity index (χ4n) is 1.78. The topological polar surface area (TPSA) is 45.7 Å². The molecular formula is C16H27N3O. The third kappa shape index (κ3) is 5.51. The van der Waals surface area contributed by atoms with Gasteiger partial charge in [-0.25, -0.2) is 4.99 Å². The highest BCUT2D eigenvalue weighted by molar-refractivity contribution is 5.79. The minimum Gasteiger partial charge on any atom is -0.496 e. The van der Waals surface area contributed by atoms with Gasteiger partial charge in [-0.1, -0.05) is 26.0 Å². The quantitative estimate of drug-likeness (QED) is 0.621. The van der Waals surface area contributed by atoms with Crippen molar-refractivity contribution in [2.24, 2.45) is 10.9 Å². The fraction of sp³-hybridized carbons (Fsp3) is 0.562. The highest BCUT2D eigenvalue weighted by Crippen LogP contribution is 2.19. The summed E-state index contributed by atoms with van der Waals surface area (Å²) in [5, 5.41) is 6.59. The van der Waals surface area contributed by atoms with Gasteiger partial charge in [0, 0.05) is 13.1 Å². The van der Waals surface area contributed by atoms with Gasteiger partial charge in [0.2, 0.25) is 0 Å². The Labute approximate surface area is 122 Å². The first-order valence-corrected chi connectivity index (χ1v) is 7.22. The number of aryl methyl sites for hydroxylation is 1. The number of aliphatic imine (C=N–C) groups is 1. The zero-order valence-electron chi connectivity index (χ0n) is 13.3. The van der Waals surface area contributed by atoms with Crippen LogP contribution < -0.4 is 15.4 Å². The van der Waals surface area contributed by atoms with Crippen molar-refractivity contribution in [3.05, 3.63) is 29.3 Å². The second-order valence-corrected chi connectivity index (χ2v) is 5.27. The van der Waals surface area contributed by atoms with Gasteiger partial charge in [0.05, 0.1) is 13.7 Å². The molecule has 0 aliphatic carbocycles. The molecule has 2 N–H and O–H groups in total. The highest BCUT2D eigenvalue weighted by Gasteiger charge is 2.02. The van der Waals surface area contributed by atoms with E-state index in [-0.39, 0.29) is 0 Å². The van der Waals surface area contributed by atoms with E-state index >= 15 is 0 Å². The van der Waals surface area contributed by atoms with Crippen molar-refractivity contribution in [1.82, 2.24) is 10.6 Å². The SMILES string of the molecule is CCNC(=NCc1ccc(C)c(OC)c1)NCC(C)C. The van der Waals surface area contributed by atoms with Crippen molar-refractivity contribution < 1.29 is 4.74 Å². The standard InChI is InChI=1S/C16H27N3O/c1-6-17-16(18-10-12(2)3)19-11-14-8-7-13(4)15(9-14)20-5/h7-9,12H,6,10-11H2,1-5H3,(H2,17,18,19). The summed E-state index contributed by atoms with van der Waals surface area (Å²) in [5.74, 6) is 2.37. The molecule has 4 nitrogen and oxygen atoms in total. The van der Waals surface area contributed by atoms with E-state index in [0.717, 1.165) is 35.9 Å². The number of guanidine groups is 1. The zero-order valence-corrected chi connectivity index (χ0v) is 13.3. The fourth-order valence-corrected chi connectivity index (χ4v) is 1.78. The Morgan fingerprint density at radius 2 is 2.05 bits per heavy atom. The van der Waals surface area contributed by atoms with E-state index < -0.39 is 0 Å². The maximum absolute atomic E-state index is 5.34. The Balaban J connectivity index is 2.70. The molecule has 0 saturated carbocycles. The van der Waals surface area contributed by atoms with Crippen LogP contribution >= 0.6 is 0 Å². The van der Waals surface area contributed by atoms with Gasteiger partial charge in [-0.15, -0.1) is 0 Å². The molecule has 0 bridgehead atoms. The lowest BCUT2D eigenvalue weighted by atomic mass is 10.1. The molecule has 20 heavy (non-hydrogen) atoms. The molecule has 1 aromatic carbocycles. The van der Waals surface area contributed by atoms with Crippen molar-refractivity contribution in [3.8, 4) is 5.75 Å².